The first kappa shape index (κ1) is 15.3. The number of rotatable bonds is 7. The van der Waals surface area contributed by atoms with Crippen LogP contribution < -0.4 is 5.32 Å². The van der Waals surface area contributed by atoms with Gasteiger partial charge < -0.3 is 9.88 Å². The third kappa shape index (κ3) is 3.70. The minimum atomic E-state index is 0.250. The Bertz CT molecular complexity index is 536. The van der Waals surface area contributed by atoms with Crippen LogP contribution in [-0.4, -0.2) is 16.1 Å². The Labute approximate surface area is 129 Å². The maximum Gasteiger partial charge on any atom is 0.126 e. The molecule has 0 amide bonds. The lowest BCUT2D eigenvalue weighted by Gasteiger charge is -2.19. The van der Waals surface area contributed by atoms with Gasteiger partial charge in [-0.05, 0) is 31.0 Å². The van der Waals surface area contributed by atoms with Gasteiger partial charge in [0, 0.05) is 23.4 Å². The van der Waals surface area contributed by atoms with E-state index in [4.69, 9.17) is 0 Å². The van der Waals surface area contributed by atoms with Crippen molar-refractivity contribution in [1.82, 2.24) is 14.9 Å². The van der Waals surface area contributed by atoms with Gasteiger partial charge in [-0.15, -0.1) is 0 Å². The molecule has 4 heteroatoms. The van der Waals surface area contributed by atoms with E-state index in [1.165, 1.54) is 5.56 Å². The minimum absolute atomic E-state index is 0.250. The molecular formula is C16H22BrN3. The summed E-state index contributed by atoms with van der Waals surface area (Å²) in [5.41, 5.74) is 1.31. The van der Waals surface area contributed by atoms with Crippen molar-refractivity contribution >= 4 is 15.9 Å². The molecule has 2 rings (SSSR count). The largest absolute Gasteiger partial charge is 0.334 e. The quantitative estimate of drug-likeness (QED) is 0.830. The van der Waals surface area contributed by atoms with Crippen LogP contribution in [0.1, 0.15) is 37.7 Å². The zero-order chi connectivity index (χ0) is 14.4. The average molecular weight is 336 g/mol. The van der Waals surface area contributed by atoms with Gasteiger partial charge in [-0.25, -0.2) is 4.98 Å². The van der Waals surface area contributed by atoms with Gasteiger partial charge in [-0.1, -0.05) is 48.0 Å². The van der Waals surface area contributed by atoms with E-state index in [0.717, 1.165) is 36.2 Å². The minimum Gasteiger partial charge on any atom is -0.334 e. The van der Waals surface area contributed by atoms with Crippen LogP contribution in [0, 0.1) is 0 Å². The molecule has 1 N–H and O–H groups in total. The summed E-state index contributed by atoms with van der Waals surface area (Å²) in [4.78, 5) is 4.56. The molecule has 1 heterocycles. The second kappa shape index (κ2) is 7.60. The highest BCUT2D eigenvalue weighted by molar-refractivity contribution is 9.10. The van der Waals surface area contributed by atoms with Crippen molar-refractivity contribution in [1.29, 1.82) is 0 Å². The molecule has 1 unspecified atom stereocenters. The third-order valence-electron chi connectivity index (χ3n) is 3.36. The summed E-state index contributed by atoms with van der Waals surface area (Å²) >= 11 is 3.63. The number of imidazole rings is 1. The molecule has 0 aliphatic heterocycles. The van der Waals surface area contributed by atoms with E-state index in [1.807, 2.05) is 12.3 Å². The number of aryl methyl sites for hydroxylation is 1. The van der Waals surface area contributed by atoms with Gasteiger partial charge in [0.15, 0.2) is 0 Å². The SMILES string of the molecule is CCCn1ccnc1C(Cc1ccccc1Br)NCC. The lowest BCUT2D eigenvalue weighted by Crippen LogP contribution is -2.26. The lowest BCUT2D eigenvalue weighted by atomic mass is 10.1. The number of benzene rings is 1. The van der Waals surface area contributed by atoms with E-state index in [9.17, 15) is 0 Å². The van der Waals surface area contributed by atoms with Crippen LogP contribution in [0.2, 0.25) is 0 Å². The Balaban J connectivity index is 2.22. The zero-order valence-electron chi connectivity index (χ0n) is 12.1. The highest BCUT2D eigenvalue weighted by Crippen LogP contribution is 2.23. The Morgan fingerprint density at radius 3 is 2.80 bits per heavy atom. The molecule has 0 saturated heterocycles. The first-order valence-corrected chi connectivity index (χ1v) is 8.03. The van der Waals surface area contributed by atoms with Crippen molar-refractivity contribution in [2.24, 2.45) is 0 Å². The summed E-state index contributed by atoms with van der Waals surface area (Å²) in [6.45, 7) is 6.29. The molecule has 0 spiro atoms. The number of nitrogens with zero attached hydrogens (tertiary/aromatic N) is 2. The number of hydrogen-bond donors (Lipinski definition) is 1. The van der Waals surface area contributed by atoms with E-state index >= 15 is 0 Å². The summed E-state index contributed by atoms with van der Waals surface area (Å²) < 4.78 is 3.42. The summed E-state index contributed by atoms with van der Waals surface area (Å²) in [6, 6.07) is 8.65. The van der Waals surface area contributed by atoms with Crippen molar-refractivity contribution in [3.63, 3.8) is 0 Å². The molecule has 2 aromatic rings. The summed E-state index contributed by atoms with van der Waals surface area (Å²) in [6.07, 6.45) is 6.03. The van der Waals surface area contributed by atoms with Crippen LogP contribution in [0.4, 0.5) is 0 Å². The maximum absolute atomic E-state index is 4.56. The van der Waals surface area contributed by atoms with Gasteiger partial charge in [0.1, 0.15) is 5.82 Å². The molecule has 108 valence electrons. The average Bonchev–Trinajstić information content (AvgIpc) is 2.89. The molecular weight excluding hydrogens is 314 g/mol. The van der Waals surface area contributed by atoms with Crippen molar-refractivity contribution in [2.45, 2.75) is 39.3 Å². The normalized spacial score (nSPS) is 12.6. The van der Waals surface area contributed by atoms with Gasteiger partial charge in [0.05, 0.1) is 6.04 Å². The second-order valence-electron chi connectivity index (χ2n) is 4.88. The molecule has 0 radical (unpaired) electrons. The fourth-order valence-corrected chi connectivity index (χ4v) is 2.89. The number of hydrogen-bond acceptors (Lipinski definition) is 2. The van der Waals surface area contributed by atoms with Gasteiger partial charge in [0.25, 0.3) is 0 Å². The third-order valence-corrected chi connectivity index (χ3v) is 4.13. The van der Waals surface area contributed by atoms with Crippen LogP contribution in [-0.2, 0) is 13.0 Å². The lowest BCUT2D eigenvalue weighted by molar-refractivity contribution is 0.487. The summed E-state index contributed by atoms with van der Waals surface area (Å²) in [7, 11) is 0. The van der Waals surface area contributed by atoms with Gasteiger partial charge in [-0.3, -0.25) is 0 Å². The van der Waals surface area contributed by atoms with Crippen LogP contribution in [0.25, 0.3) is 0 Å². The molecule has 3 nitrogen and oxygen atoms in total. The number of likely N-dealkylation sites (N-methyl/N-ethyl adjacent to an activating group) is 1. The number of nitrogens with one attached hydrogen (secondary N) is 1. The van der Waals surface area contributed by atoms with Crippen LogP contribution in [0.15, 0.2) is 41.1 Å². The number of halogens is 1. The summed E-state index contributed by atoms with van der Waals surface area (Å²) in [5.74, 6) is 1.13. The fraction of sp³-hybridized carbons (Fsp3) is 0.438. The van der Waals surface area contributed by atoms with Crippen molar-refractivity contribution in [3.8, 4) is 0 Å². The topological polar surface area (TPSA) is 29.9 Å². The van der Waals surface area contributed by atoms with E-state index in [1.54, 1.807) is 0 Å². The van der Waals surface area contributed by atoms with Gasteiger partial charge in [0.2, 0.25) is 0 Å². The predicted octanol–water partition coefficient (Wildman–Crippen LogP) is 3.95. The first-order valence-electron chi connectivity index (χ1n) is 7.24. The Morgan fingerprint density at radius 1 is 1.30 bits per heavy atom. The molecule has 1 aromatic carbocycles. The van der Waals surface area contributed by atoms with Gasteiger partial charge >= 0.3 is 0 Å². The van der Waals surface area contributed by atoms with Crippen molar-refractivity contribution < 1.29 is 0 Å². The van der Waals surface area contributed by atoms with E-state index in [2.05, 4.69) is 69.0 Å². The molecule has 1 atom stereocenters. The maximum atomic E-state index is 4.56. The second-order valence-corrected chi connectivity index (χ2v) is 5.74. The number of aromatic nitrogens is 2. The van der Waals surface area contributed by atoms with E-state index in [0.29, 0.717) is 0 Å². The van der Waals surface area contributed by atoms with Crippen LogP contribution >= 0.6 is 15.9 Å². The molecule has 0 bridgehead atoms. The van der Waals surface area contributed by atoms with Crippen molar-refractivity contribution in [3.05, 3.63) is 52.5 Å². The zero-order valence-corrected chi connectivity index (χ0v) is 13.7. The first-order chi connectivity index (χ1) is 9.76. The predicted molar refractivity (Wildman–Crippen MR) is 86.8 cm³/mol. The molecule has 0 aliphatic carbocycles. The molecule has 0 fully saturated rings. The Morgan fingerprint density at radius 2 is 2.10 bits per heavy atom. The Kier molecular flexibility index (Phi) is 5.80. The molecule has 1 aromatic heterocycles. The van der Waals surface area contributed by atoms with Crippen LogP contribution in [0.3, 0.4) is 0 Å². The standard InChI is InChI=1S/C16H22BrN3/c1-3-10-20-11-9-19-16(20)15(18-4-2)12-13-7-5-6-8-14(13)17/h5-9,11,15,18H,3-4,10,12H2,1-2H3. The molecule has 20 heavy (non-hydrogen) atoms. The van der Waals surface area contributed by atoms with Crippen LogP contribution in [0.5, 0.6) is 0 Å². The summed E-state index contributed by atoms with van der Waals surface area (Å²) in [5, 5.41) is 3.56. The van der Waals surface area contributed by atoms with E-state index in [-0.39, 0.29) is 6.04 Å². The molecule has 0 aliphatic rings. The Hall–Kier alpha value is -1.13. The fourth-order valence-electron chi connectivity index (χ4n) is 2.45. The highest BCUT2D eigenvalue weighted by Gasteiger charge is 2.17. The highest BCUT2D eigenvalue weighted by atomic mass is 79.9. The van der Waals surface area contributed by atoms with E-state index < -0.39 is 0 Å². The van der Waals surface area contributed by atoms with Crippen molar-refractivity contribution in [2.75, 3.05) is 6.54 Å². The smallest absolute Gasteiger partial charge is 0.126 e. The molecule has 0 saturated carbocycles. The monoisotopic (exact) mass is 335 g/mol. The van der Waals surface area contributed by atoms with Gasteiger partial charge in [-0.2, -0.15) is 0 Å².